The molecule has 0 aliphatic heterocycles. The topological polar surface area (TPSA) is 62.2 Å². The van der Waals surface area contributed by atoms with Crippen molar-refractivity contribution in [1.82, 2.24) is 4.98 Å². The van der Waals surface area contributed by atoms with E-state index in [1.54, 1.807) is 6.92 Å². The van der Waals surface area contributed by atoms with Crippen LogP contribution in [0.3, 0.4) is 0 Å². The van der Waals surface area contributed by atoms with Gasteiger partial charge < -0.3 is 10.4 Å². The number of anilines is 1. The number of hydrogen-bond donors (Lipinski definition) is 2. The van der Waals surface area contributed by atoms with Gasteiger partial charge in [-0.3, -0.25) is 0 Å². The summed E-state index contributed by atoms with van der Waals surface area (Å²) < 4.78 is 36.1. The van der Waals surface area contributed by atoms with Crippen molar-refractivity contribution in [3.8, 4) is 0 Å². The van der Waals surface area contributed by atoms with Crippen molar-refractivity contribution < 1.29 is 23.1 Å². The maximum atomic E-state index is 12.0. The van der Waals surface area contributed by atoms with E-state index in [0.29, 0.717) is 12.1 Å². The molecule has 0 radical (unpaired) electrons. The lowest BCUT2D eigenvalue weighted by molar-refractivity contribution is -0.115. The van der Waals surface area contributed by atoms with Gasteiger partial charge in [0.25, 0.3) is 0 Å². The first-order valence-corrected chi connectivity index (χ1v) is 4.87. The minimum Gasteiger partial charge on any atom is -0.478 e. The molecule has 1 heterocycles. The smallest absolute Gasteiger partial charge is 0.405 e. The number of nitrogens with one attached hydrogen (secondary N) is 1. The summed E-state index contributed by atoms with van der Waals surface area (Å²) >= 11 is 0. The molecule has 0 bridgehead atoms. The Morgan fingerprint density at radius 3 is 2.59 bits per heavy atom. The van der Waals surface area contributed by atoms with Gasteiger partial charge in [0.2, 0.25) is 0 Å². The number of pyridine rings is 1. The lowest BCUT2D eigenvalue weighted by Crippen LogP contribution is -2.23. The number of halogens is 3. The number of carbonyl (C=O) groups is 1. The Hall–Kier alpha value is -1.79. The Kier molecular flexibility index (Phi) is 3.93. The molecule has 0 atom stereocenters. The highest BCUT2D eigenvalue weighted by atomic mass is 19.4. The molecule has 0 saturated heterocycles. The van der Waals surface area contributed by atoms with Gasteiger partial charge in [-0.05, 0) is 18.6 Å². The van der Waals surface area contributed by atoms with Gasteiger partial charge >= 0.3 is 12.1 Å². The number of aromatic nitrogens is 1. The molecule has 94 valence electrons. The molecule has 2 N–H and O–H groups in total. The Labute approximate surface area is 95.5 Å². The normalized spacial score (nSPS) is 11.3. The van der Waals surface area contributed by atoms with E-state index in [-0.39, 0.29) is 11.4 Å². The Balaban J connectivity index is 2.97. The van der Waals surface area contributed by atoms with E-state index >= 15 is 0 Å². The molecule has 0 aliphatic rings. The summed E-state index contributed by atoms with van der Waals surface area (Å²) in [5.41, 5.74) is 0.256. The predicted octanol–water partition coefficient (Wildman–Crippen LogP) is 2.32. The molecule has 4 nitrogen and oxygen atoms in total. The molecule has 0 aromatic carbocycles. The van der Waals surface area contributed by atoms with Crippen LogP contribution in [0.2, 0.25) is 0 Å². The molecule has 17 heavy (non-hydrogen) atoms. The van der Waals surface area contributed by atoms with Crippen molar-refractivity contribution >= 4 is 11.8 Å². The van der Waals surface area contributed by atoms with E-state index in [1.165, 1.54) is 12.1 Å². The molecule has 1 rings (SSSR count). The summed E-state index contributed by atoms with van der Waals surface area (Å²) in [6.07, 6.45) is -3.90. The number of aromatic carboxylic acids is 1. The molecule has 0 spiro atoms. The highest BCUT2D eigenvalue weighted by Crippen LogP contribution is 2.19. The Morgan fingerprint density at radius 1 is 1.47 bits per heavy atom. The van der Waals surface area contributed by atoms with Crippen LogP contribution in [0.1, 0.15) is 23.0 Å². The predicted molar refractivity (Wildman–Crippen MR) is 55.1 cm³/mol. The van der Waals surface area contributed by atoms with Crippen LogP contribution in [0.15, 0.2) is 12.1 Å². The van der Waals surface area contributed by atoms with E-state index < -0.39 is 18.7 Å². The monoisotopic (exact) mass is 248 g/mol. The van der Waals surface area contributed by atoms with E-state index in [0.717, 1.165) is 0 Å². The summed E-state index contributed by atoms with van der Waals surface area (Å²) in [4.78, 5) is 14.6. The van der Waals surface area contributed by atoms with Gasteiger partial charge in [-0.25, -0.2) is 9.78 Å². The van der Waals surface area contributed by atoms with Gasteiger partial charge in [0.1, 0.15) is 17.9 Å². The molecular weight excluding hydrogens is 237 g/mol. The second-order valence-electron chi connectivity index (χ2n) is 3.33. The van der Waals surface area contributed by atoms with Gasteiger partial charge in [-0.2, -0.15) is 13.2 Å². The molecule has 0 fully saturated rings. The Bertz CT molecular complexity index is 419. The second kappa shape index (κ2) is 5.03. The fraction of sp³-hybridized carbons (Fsp3) is 0.400. The van der Waals surface area contributed by atoms with Crippen molar-refractivity contribution in [2.45, 2.75) is 19.5 Å². The first kappa shape index (κ1) is 13.3. The summed E-state index contributed by atoms with van der Waals surface area (Å²) in [7, 11) is 0. The summed E-state index contributed by atoms with van der Waals surface area (Å²) in [5.74, 6) is -1.57. The lowest BCUT2D eigenvalue weighted by atomic mass is 10.2. The molecule has 0 aliphatic carbocycles. The van der Waals surface area contributed by atoms with Crippen molar-refractivity contribution in [1.29, 1.82) is 0 Å². The van der Waals surface area contributed by atoms with Gasteiger partial charge in [0, 0.05) is 5.69 Å². The van der Waals surface area contributed by atoms with Crippen molar-refractivity contribution in [3.05, 3.63) is 23.4 Å². The third-order valence-electron chi connectivity index (χ3n) is 2.00. The van der Waals surface area contributed by atoms with Crippen LogP contribution in [0.4, 0.5) is 19.0 Å². The minimum atomic E-state index is -4.42. The highest BCUT2D eigenvalue weighted by molar-refractivity contribution is 5.93. The highest BCUT2D eigenvalue weighted by Gasteiger charge is 2.27. The average molecular weight is 248 g/mol. The molecule has 7 heteroatoms. The maximum Gasteiger partial charge on any atom is 0.405 e. The number of alkyl halides is 3. The maximum absolute atomic E-state index is 12.0. The molecule has 1 aromatic rings. The number of hydrogen-bond acceptors (Lipinski definition) is 3. The summed E-state index contributed by atoms with van der Waals surface area (Å²) in [5, 5.41) is 10.8. The van der Waals surface area contributed by atoms with Crippen LogP contribution in [-0.2, 0) is 6.42 Å². The molecule has 0 amide bonds. The van der Waals surface area contributed by atoms with Crippen LogP contribution >= 0.6 is 0 Å². The standard InChI is InChI=1S/C10H11F3N2O2/c1-2-6-3-4-7(9(16)17)8(15-6)14-5-10(11,12)13/h3-4H,2,5H2,1H3,(H,14,15)(H,16,17). The zero-order valence-corrected chi connectivity index (χ0v) is 9.01. The van der Waals surface area contributed by atoms with Crippen molar-refractivity contribution in [2.24, 2.45) is 0 Å². The van der Waals surface area contributed by atoms with E-state index in [9.17, 15) is 18.0 Å². The van der Waals surface area contributed by atoms with Gasteiger partial charge in [0.05, 0.1) is 0 Å². The molecule has 0 unspecified atom stereocenters. The number of nitrogens with zero attached hydrogens (tertiary/aromatic N) is 1. The van der Waals surface area contributed by atoms with Crippen LogP contribution in [0, 0.1) is 0 Å². The number of carboxylic acid groups (broad SMARTS) is 1. The lowest BCUT2D eigenvalue weighted by Gasteiger charge is -2.11. The summed E-state index contributed by atoms with van der Waals surface area (Å²) in [6, 6.07) is 2.72. The van der Waals surface area contributed by atoms with Gasteiger partial charge in [-0.15, -0.1) is 0 Å². The first-order chi connectivity index (χ1) is 7.83. The van der Waals surface area contributed by atoms with Crippen LogP contribution in [0.5, 0.6) is 0 Å². The van der Waals surface area contributed by atoms with Crippen LogP contribution < -0.4 is 5.32 Å². The van der Waals surface area contributed by atoms with E-state index in [2.05, 4.69) is 4.98 Å². The van der Waals surface area contributed by atoms with Crippen LogP contribution in [0.25, 0.3) is 0 Å². The fourth-order valence-electron chi connectivity index (χ4n) is 1.19. The average Bonchev–Trinajstić information content (AvgIpc) is 2.24. The summed E-state index contributed by atoms with van der Waals surface area (Å²) in [6.45, 7) is 0.462. The Morgan fingerprint density at radius 2 is 2.12 bits per heavy atom. The third kappa shape index (κ3) is 3.93. The fourth-order valence-corrected chi connectivity index (χ4v) is 1.19. The number of carboxylic acids is 1. The first-order valence-electron chi connectivity index (χ1n) is 4.87. The molecule has 0 saturated carbocycles. The quantitative estimate of drug-likeness (QED) is 0.858. The third-order valence-corrected chi connectivity index (χ3v) is 2.00. The zero-order chi connectivity index (χ0) is 13.1. The van der Waals surface area contributed by atoms with Crippen LogP contribution in [-0.4, -0.2) is 28.8 Å². The zero-order valence-electron chi connectivity index (χ0n) is 9.01. The van der Waals surface area contributed by atoms with E-state index in [4.69, 9.17) is 5.11 Å². The van der Waals surface area contributed by atoms with Crippen molar-refractivity contribution in [3.63, 3.8) is 0 Å². The van der Waals surface area contributed by atoms with Gasteiger partial charge in [0.15, 0.2) is 0 Å². The van der Waals surface area contributed by atoms with Crippen molar-refractivity contribution in [2.75, 3.05) is 11.9 Å². The van der Waals surface area contributed by atoms with Gasteiger partial charge in [-0.1, -0.05) is 6.92 Å². The molecular formula is C10H11F3N2O2. The number of rotatable bonds is 4. The SMILES string of the molecule is CCc1ccc(C(=O)O)c(NCC(F)(F)F)n1. The molecule has 1 aromatic heterocycles. The van der Waals surface area contributed by atoms with E-state index in [1.807, 2.05) is 5.32 Å². The minimum absolute atomic E-state index is 0.255. The largest absolute Gasteiger partial charge is 0.478 e. The number of aryl methyl sites for hydroxylation is 1. The second-order valence-corrected chi connectivity index (χ2v) is 3.33.